The fourth-order valence-electron chi connectivity index (χ4n) is 3.93. The standard InChI is InChI=1S/C25H20N2O5S2/c1-3-32-15-8-6-14(7-9-15)21-20(22(28)18-5-4-12-33-18)23(29)24(30)27(21)25-26-17-11-10-16(31-2)13-19(17)34-25/h4-13,21,29H,3H2,1-2H3. The number of hydrogen-bond acceptors (Lipinski definition) is 8. The van der Waals surface area contributed by atoms with E-state index in [0.717, 1.165) is 4.70 Å². The Kier molecular flexibility index (Phi) is 5.80. The number of rotatable bonds is 7. The molecule has 0 saturated carbocycles. The number of amides is 1. The largest absolute Gasteiger partial charge is 0.503 e. The highest BCUT2D eigenvalue weighted by molar-refractivity contribution is 7.22. The number of fused-ring (bicyclic) bond motifs is 1. The zero-order chi connectivity index (χ0) is 23.8. The molecule has 0 saturated heterocycles. The van der Waals surface area contributed by atoms with Crippen LogP contribution in [0.5, 0.6) is 11.5 Å². The molecular formula is C25H20N2O5S2. The number of Topliss-reactive ketones (excluding diaryl/α,β-unsaturated/α-hetero) is 1. The molecular weight excluding hydrogens is 472 g/mol. The number of aromatic nitrogens is 1. The highest BCUT2D eigenvalue weighted by atomic mass is 32.1. The molecule has 7 nitrogen and oxygen atoms in total. The first-order valence-corrected chi connectivity index (χ1v) is 12.2. The van der Waals surface area contributed by atoms with Crippen molar-refractivity contribution in [2.24, 2.45) is 0 Å². The molecule has 1 N–H and O–H groups in total. The number of anilines is 1. The third-order valence-electron chi connectivity index (χ3n) is 5.49. The van der Waals surface area contributed by atoms with Gasteiger partial charge in [-0.3, -0.25) is 14.5 Å². The van der Waals surface area contributed by atoms with Crippen LogP contribution >= 0.6 is 22.7 Å². The van der Waals surface area contributed by atoms with Gasteiger partial charge in [-0.05, 0) is 54.3 Å². The summed E-state index contributed by atoms with van der Waals surface area (Å²) in [7, 11) is 1.58. The Balaban J connectivity index is 1.64. The lowest BCUT2D eigenvalue weighted by Gasteiger charge is -2.24. The van der Waals surface area contributed by atoms with Gasteiger partial charge >= 0.3 is 0 Å². The zero-order valence-corrected chi connectivity index (χ0v) is 20.0. The van der Waals surface area contributed by atoms with E-state index in [1.165, 1.54) is 27.6 Å². The van der Waals surface area contributed by atoms with Crippen molar-refractivity contribution in [1.29, 1.82) is 0 Å². The van der Waals surface area contributed by atoms with E-state index >= 15 is 0 Å². The third-order valence-corrected chi connectivity index (χ3v) is 7.38. The molecule has 1 atom stereocenters. The Morgan fingerprint density at radius 3 is 2.59 bits per heavy atom. The van der Waals surface area contributed by atoms with Gasteiger partial charge in [-0.1, -0.05) is 29.5 Å². The highest BCUT2D eigenvalue weighted by Gasteiger charge is 2.46. The maximum absolute atomic E-state index is 13.4. The molecule has 0 radical (unpaired) electrons. The number of carbonyl (C=O) groups excluding carboxylic acids is 2. The third kappa shape index (κ3) is 3.72. The summed E-state index contributed by atoms with van der Waals surface area (Å²) in [6, 6.07) is 15.2. The molecule has 172 valence electrons. The minimum atomic E-state index is -0.833. The number of nitrogens with zero attached hydrogens (tertiary/aromatic N) is 2. The fraction of sp³-hybridized carbons (Fsp3) is 0.160. The summed E-state index contributed by atoms with van der Waals surface area (Å²) in [6.07, 6.45) is 0. The lowest BCUT2D eigenvalue weighted by molar-refractivity contribution is -0.117. The number of carbonyl (C=O) groups is 2. The molecule has 1 amide bonds. The van der Waals surface area contributed by atoms with Crippen LogP contribution in [0.25, 0.3) is 10.2 Å². The second-order valence-corrected chi connectivity index (χ2v) is 9.44. The average Bonchev–Trinajstić information content (AvgIpc) is 3.58. The first-order chi connectivity index (χ1) is 16.5. The molecule has 0 spiro atoms. The number of thiophene rings is 1. The van der Waals surface area contributed by atoms with Crippen LogP contribution in [-0.4, -0.2) is 35.5 Å². The van der Waals surface area contributed by atoms with Crippen LogP contribution in [-0.2, 0) is 4.79 Å². The van der Waals surface area contributed by atoms with Crippen molar-refractivity contribution < 1.29 is 24.2 Å². The molecule has 1 aliphatic heterocycles. The molecule has 9 heteroatoms. The van der Waals surface area contributed by atoms with Crippen LogP contribution in [0.1, 0.15) is 28.2 Å². The van der Waals surface area contributed by atoms with Crippen molar-refractivity contribution in [1.82, 2.24) is 4.98 Å². The molecule has 34 heavy (non-hydrogen) atoms. The summed E-state index contributed by atoms with van der Waals surface area (Å²) < 4.78 is 11.7. The van der Waals surface area contributed by atoms with E-state index in [0.29, 0.717) is 39.2 Å². The van der Waals surface area contributed by atoms with Gasteiger partial charge in [0.1, 0.15) is 11.5 Å². The number of benzene rings is 2. The van der Waals surface area contributed by atoms with Gasteiger partial charge in [0.2, 0.25) is 5.78 Å². The molecule has 2 aromatic heterocycles. The monoisotopic (exact) mass is 492 g/mol. The fourth-order valence-corrected chi connectivity index (χ4v) is 5.62. The van der Waals surface area contributed by atoms with Crippen molar-refractivity contribution in [2.45, 2.75) is 13.0 Å². The number of methoxy groups -OCH3 is 1. The maximum atomic E-state index is 13.4. The molecule has 0 bridgehead atoms. The van der Waals surface area contributed by atoms with Gasteiger partial charge in [-0.2, -0.15) is 0 Å². The van der Waals surface area contributed by atoms with E-state index in [-0.39, 0.29) is 11.4 Å². The summed E-state index contributed by atoms with van der Waals surface area (Å²) in [5.74, 6) is -0.259. The summed E-state index contributed by atoms with van der Waals surface area (Å²) in [4.78, 5) is 33.2. The van der Waals surface area contributed by atoms with E-state index in [4.69, 9.17) is 9.47 Å². The molecule has 0 aliphatic carbocycles. The van der Waals surface area contributed by atoms with E-state index in [1.54, 1.807) is 55.0 Å². The zero-order valence-electron chi connectivity index (χ0n) is 18.3. The van der Waals surface area contributed by atoms with E-state index < -0.39 is 17.7 Å². The van der Waals surface area contributed by atoms with Crippen molar-refractivity contribution >= 4 is 49.7 Å². The lowest BCUT2D eigenvalue weighted by Crippen LogP contribution is -2.30. The number of ether oxygens (including phenoxy) is 2. The molecule has 4 aromatic rings. The highest BCUT2D eigenvalue weighted by Crippen LogP contribution is 2.45. The molecule has 0 fully saturated rings. The second-order valence-electron chi connectivity index (χ2n) is 7.48. The number of ketones is 1. The minimum Gasteiger partial charge on any atom is -0.503 e. The molecule has 1 unspecified atom stereocenters. The number of hydrogen-bond donors (Lipinski definition) is 1. The van der Waals surface area contributed by atoms with Gasteiger partial charge in [0.25, 0.3) is 5.91 Å². The normalized spacial score (nSPS) is 15.9. The molecule has 2 aromatic carbocycles. The van der Waals surface area contributed by atoms with Gasteiger partial charge in [0.05, 0.1) is 40.4 Å². The summed E-state index contributed by atoms with van der Waals surface area (Å²) in [6.45, 7) is 2.41. The molecule has 1 aliphatic rings. The predicted molar refractivity (Wildman–Crippen MR) is 132 cm³/mol. The quantitative estimate of drug-likeness (QED) is 0.340. The molecule has 5 rings (SSSR count). The summed E-state index contributed by atoms with van der Waals surface area (Å²) in [5.41, 5.74) is 1.39. The lowest BCUT2D eigenvalue weighted by atomic mass is 9.95. The van der Waals surface area contributed by atoms with Gasteiger partial charge in [-0.15, -0.1) is 11.3 Å². The van der Waals surface area contributed by atoms with E-state index in [9.17, 15) is 14.7 Å². The van der Waals surface area contributed by atoms with Crippen LogP contribution in [0.4, 0.5) is 5.13 Å². The Bertz CT molecular complexity index is 1410. The first-order valence-electron chi connectivity index (χ1n) is 10.5. The van der Waals surface area contributed by atoms with Gasteiger partial charge in [-0.25, -0.2) is 4.98 Å². The predicted octanol–water partition coefficient (Wildman–Crippen LogP) is 5.55. The van der Waals surface area contributed by atoms with Crippen LogP contribution in [0.15, 0.2) is 71.3 Å². The van der Waals surface area contributed by atoms with Gasteiger partial charge in [0.15, 0.2) is 10.9 Å². The van der Waals surface area contributed by atoms with Gasteiger partial charge in [0, 0.05) is 0 Å². The van der Waals surface area contributed by atoms with Crippen LogP contribution < -0.4 is 14.4 Å². The average molecular weight is 493 g/mol. The summed E-state index contributed by atoms with van der Waals surface area (Å²) >= 11 is 2.55. The number of aliphatic hydroxyl groups excluding tert-OH is 1. The molecule has 3 heterocycles. The van der Waals surface area contributed by atoms with Crippen LogP contribution in [0.2, 0.25) is 0 Å². The Hall–Kier alpha value is -3.69. The number of aliphatic hydroxyl groups is 1. The van der Waals surface area contributed by atoms with Crippen LogP contribution in [0, 0.1) is 0 Å². The Morgan fingerprint density at radius 2 is 1.91 bits per heavy atom. The van der Waals surface area contributed by atoms with Crippen molar-refractivity contribution in [2.75, 3.05) is 18.6 Å². The maximum Gasteiger partial charge on any atom is 0.296 e. The Labute approximate surface area is 203 Å². The Morgan fingerprint density at radius 1 is 1.15 bits per heavy atom. The van der Waals surface area contributed by atoms with Crippen molar-refractivity contribution in [3.8, 4) is 11.5 Å². The summed E-state index contributed by atoms with van der Waals surface area (Å²) in [5, 5.41) is 13.1. The van der Waals surface area contributed by atoms with E-state index in [1.807, 2.05) is 19.1 Å². The van der Waals surface area contributed by atoms with Crippen molar-refractivity contribution in [3.63, 3.8) is 0 Å². The van der Waals surface area contributed by atoms with Gasteiger partial charge < -0.3 is 14.6 Å². The van der Waals surface area contributed by atoms with E-state index in [2.05, 4.69) is 4.98 Å². The van der Waals surface area contributed by atoms with Crippen molar-refractivity contribution in [3.05, 3.63) is 81.8 Å². The minimum absolute atomic E-state index is 0.0356. The van der Waals surface area contributed by atoms with Crippen LogP contribution in [0.3, 0.4) is 0 Å². The first kappa shape index (κ1) is 22.1. The SMILES string of the molecule is CCOc1ccc(C2C(C(=O)c3cccs3)=C(O)C(=O)N2c2nc3ccc(OC)cc3s2)cc1. The smallest absolute Gasteiger partial charge is 0.296 e. The second kappa shape index (κ2) is 8.92. The number of thiazole rings is 1. The topological polar surface area (TPSA) is 89.0 Å².